The standard InChI is InChI=1S/C19H16F4N6/c1-11-6-15(28-14-5-3-4-13(7-14)19(21,22)23)8-24-17(11)10-26-29-18-25-9-16(20)12(2)27-18/h3-10,28H,1-2H3,(H,25,27,29)/b26-10+. The summed E-state index contributed by atoms with van der Waals surface area (Å²) in [7, 11) is 0. The van der Waals surface area contributed by atoms with Crippen LogP contribution in [0.25, 0.3) is 0 Å². The fourth-order valence-electron chi connectivity index (χ4n) is 2.39. The van der Waals surface area contributed by atoms with Crippen molar-refractivity contribution in [3.63, 3.8) is 0 Å². The number of alkyl halides is 3. The van der Waals surface area contributed by atoms with Gasteiger partial charge < -0.3 is 5.32 Å². The van der Waals surface area contributed by atoms with Gasteiger partial charge >= 0.3 is 6.18 Å². The molecule has 0 amide bonds. The molecule has 6 nitrogen and oxygen atoms in total. The van der Waals surface area contributed by atoms with Gasteiger partial charge in [-0.3, -0.25) is 4.98 Å². The lowest BCUT2D eigenvalue weighted by Gasteiger charge is -2.11. The highest BCUT2D eigenvalue weighted by atomic mass is 19.4. The van der Waals surface area contributed by atoms with Gasteiger partial charge in [0.2, 0.25) is 5.95 Å². The van der Waals surface area contributed by atoms with E-state index in [0.717, 1.165) is 23.9 Å². The molecule has 0 aliphatic heterocycles. The molecule has 0 saturated heterocycles. The average Bonchev–Trinajstić information content (AvgIpc) is 2.66. The van der Waals surface area contributed by atoms with E-state index in [4.69, 9.17) is 0 Å². The van der Waals surface area contributed by atoms with Crippen LogP contribution < -0.4 is 10.7 Å². The fraction of sp³-hybridized carbons (Fsp3) is 0.158. The molecule has 2 N–H and O–H groups in total. The minimum absolute atomic E-state index is 0.139. The number of nitrogens with zero attached hydrogens (tertiary/aromatic N) is 4. The first-order chi connectivity index (χ1) is 13.7. The number of anilines is 3. The number of aromatic nitrogens is 3. The summed E-state index contributed by atoms with van der Waals surface area (Å²) in [5.41, 5.74) is 4.14. The Kier molecular flexibility index (Phi) is 5.71. The highest BCUT2D eigenvalue weighted by Gasteiger charge is 2.30. The predicted molar refractivity (Wildman–Crippen MR) is 102 cm³/mol. The monoisotopic (exact) mass is 404 g/mol. The topological polar surface area (TPSA) is 75.1 Å². The van der Waals surface area contributed by atoms with E-state index in [-0.39, 0.29) is 11.6 Å². The average molecular weight is 404 g/mol. The Morgan fingerprint density at radius 3 is 2.52 bits per heavy atom. The maximum atomic E-state index is 13.2. The molecule has 0 saturated carbocycles. The second-order valence-electron chi connectivity index (χ2n) is 6.13. The second-order valence-corrected chi connectivity index (χ2v) is 6.13. The molecule has 0 aliphatic carbocycles. The SMILES string of the molecule is Cc1cc(Nc2cccc(C(F)(F)F)c2)cnc1/C=N/Nc1ncc(F)c(C)n1. The molecule has 3 rings (SSSR count). The van der Waals surface area contributed by atoms with Gasteiger partial charge in [-0.05, 0) is 43.7 Å². The number of aryl methyl sites for hydroxylation is 2. The molecule has 0 spiro atoms. The Hall–Kier alpha value is -3.56. The van der Waals surface area contributed by atoms with Crippen molar-refractivity contribution in [3.8, 4) is 0 Å². The molecule has 0 atom stereocenters. The molecular formula is C19H16F4N6. The molecule has 0 unspecified atom stereocenters. The van der Waals surface area contributed by atoms with E-state index in [1.807, 2.05) is 0 Å². The Balaban J connectivity index is 1.69. The van der Waals surface area contributed by atoms with E-state index in [1.54, 1.807) is 13.0 Å². The van der Waals surface area contributed by atoms with E-state index < -0.39 is 17.6 Å². The molecule has 1 aromatic carbocycles. The normalized spacial score (nSPS) is 11.7. The summed E-state index contributed by atoms with van der Waals surface area (Å²) >= 11 is 0. The molecule has 10 heteroatoms. The van der Waals surface area contributed by atoms with Crippen LogP contribution in [-0.2, 0) is 6.18 Å². The van der Waals surface area contributed by atoms with Gasteiger partial charge in [0.05, 0.1) is 41.2 Å². The van der Waals surface area contributed by atoms with Crippen LogP contribution in [0.5, 0.6) is 0 Å². The lowest BCUT2D eigenvalue weighted by atomic mass is 10.1. The van der Waals surface area contributed by atoms with Gasteiger partial charge in [-0.2, -0.15) is 18.3 Å². The largest absolute Gasteiger partial charge is 0.416 e. The van der Waals surface area contributed by atoms with Gasteiger partial charge in [-0.1, -0.05) is 6.07 Å². The van der Waals surface area contributed by atoms with Gasteiger partial charge in [0.15, 0.2) is 5.82 Å². The number of hydrogen-bond acceptors (Lipinski definition) is 6. The number of rotatable bonds is 5. The zero-order valence-corrected chi connectivity index (χ0v) is 15.4. The maximum Gasteiger partial charge on any atom is 0.416 e. The molecule has 2 aromatic heterocycles. The Bertz CT molecular complexity index is 1050. The number of hydrazone groups is 1. The molecule has 0 aliphatic rings. The van der Waals surface area contributed by atoms with E-state index in [0.29, 0.717) is 17.1 Å². The first-order valence-corrected chi connectivity index (χ1v) is 8.41. The summed E-state index contributed by atoms with van der Waals surface area (Å²) < 4.78 is 51.6. The van der Waals surface area contributed by atoms with Crippen LogP contribution in [0, 0.1) is 19.7 Å². The minimum Gasteiger partial charge on any atom is -0.354 e. The first-order valence-electron chi connectivity index (χ1n) is 8.41. The van der Waals surface area contributed by atoms with Crippen LogP contribution >= 0.6 is 0 Å². The summed E-state index contributed by atoms with van der Waals surface area (Å²) in [6.45, 7) is 3.29. The molecule has 2 heterocycles. The number of pyridine rings is 1. The summed E-state index contributed by atoms with van der Waals surface area (Å²) in [6.07, 6.45) is -0.456. The van der Waals surface area contributed by atoms with E-state index >= 15 is 0 Å². The summed E-state index contributed by atoms with van der Waals surface area (Å²) in [6, 6.07) is 6.63. The van der Waals surface area contributed by atoms with Gasteiger partial charge in [-0.25, -0.2) is 19.8 Å². The smallest absolute Gasteiger partial charge is 0.354 e. The van der Waals surface area contributed by atoms with Crippen LogP contribution in [0.2, 0.25) is 0 Å². The molecule has 0 fully saturated rings. The van der Waals surface area contributed by atoms with E-state index in [9.17, 15) is 17.6 Å². The number of hydrogen-bond donors (Lipinski definition) is 2. The Morgan fingerprint density at radius 1 is 1.03 bits per heavy atom. The van der Waals surface area contributed by atoms with Crippen molar-refractivity contribution >= 4 is 23.5 Å². The van der Waals surface area contributed by atoms with Crippen molar-refractivity contribution in [3.05, 3.63) is 71.1 Å². The zero-order chi connectivity index (χ0) is 21.0. The highest BCUT2D eigenvalue weighted by molar-refractivity contribution is 5.80. The zero-order valence-electron chi connectivity index (χ0n) is 15.4. The molecular weight excluding hydrogens is 388 g/mol. The van der Waals surface area contributed by atoms with Crippen LogP contribution in [0.15, 0.2) is 47.8 Å². The van der Waals surface area contributed by atoms with E-state index in [1.165, 1.54) is 31.5 Å². The van der Waals surface area contributed by atoms with Crippen molar-refractivity contribution in [2.24, 2.45) is 5.10 Å². The molecule has 150 valence electrons. The lowest BCUT2D eigenvalue weighted by molar-refractivity contribution is -0.137. The van der Waals surface area contributed by atoms with Crippen molar-refractivity contribution in [1.29, 1.82) is 0 Å². The first kappa shape index (κ1) is 20.2. The Morgan fingerprint density at radius 2 is 1.83 bits per heavy atom. The highest BCUT2D eigenvalue weighted by Crippen LogP contribution is 2.31. The van der Waals surface area contributed by atoms with Crippen LogP contribution in [0.3, 0.4) is 0 Å². The van der Waals surface area contributed by atoms with Crippen LogP contribution in [0.1, 0.15) is 22.5 Å². The summed E-state index contributed by atoms with van der Waals surface area (Å²) in [5.74, 6) is -0.374. The Labute approximate surface area is 163 Å². The third-order valence-corrected chi connectivity index (χ3v) is 3.87. The fourth-order valence-corrected chi connectivity index (χ4v) is 2.39. The summed E-state index contributed by atoms with van der Waals surface area (Å²) in [4.78, 5) is 11.9. The van der Waals surface area contributed by atoms with Gasteiger partial charge in [0, 0.05) is 5.69 Å². The van der Waals surface area contributed by atoms with Crippen LogP contribution in [0.4, 0.5) is 34.9 Å². The third-order valence-electron chi connectivity index (χ3n) is 3.87. The summed E-state index contributed by atoms with van der Waals surface area (Å²) in [5, 5.41) is 6.87. The number of nitrogens with one attached hydrogen (secondary N) is 2. The molecule has 0 radical (unpaired) electrons. The third kappa shape index (κ3) is 5.24. The van der Waals surface area contributed by atoms with Crippen molar-refractivity contribution in [2.45, 2.75) is 20.0 Å². The number of benzene rings is 1. The van der Waals surface area contributed by atoms with Gasteiger partial charge in [0.25, 0.3) is 0 Å². The molecule has 0 bridgehead atoms. The van der Waals surface area contributed by atoms with E-state index in [2.05, 4.69) is 30.8 Å². The van der Waals surface area contributed by atoms with Crippen molar-refractivity contribution < 1.29 is 17.6 Å². The predicted octanol–water partition coefficient (Wildman–Crippen LogP) is 4.84. The quantitative estimate of drug-likeness (QED) is 0.362. The lowest BCUT2D eigenvalue weighted by Crippen LogP contribution is -2.05. The van der Waals surface area contributed by atoms with Crippen molar-refractivity contribution in [2.75, 3.05) is 10.7 Å². The van der Waals surface area contributed by atoms with Crippen LogP contribution in [-0.4, -0.2) is 21.2 Å². The minimum atomic E-state index is -4.41. The number of halogens is 4. The second kappa shape index (κ2) is 8.21. The molecule has 3 aromatic rings. The van der Waals surface area contributed by atoms with Crippen molar-refractivity contribution in [1.82, 2.24) is 15.0 Å². The van der Waals surface area contributed by atoms with Gasteiger partial charge in [-0.15, -0.1) is 0 Å². The molecule has 29 heavy (non-hydrogen) atoms. The maximum absolute atomic E-state index is 13.2. The van der Waals surface area contributed by atoms with Gasteiger partial charge in [0.1, 0.15) is 0 Å².